The zero-order valence-electron chi connectivity index (χ0n) is 35.7. The van der Waals surface area contributed by atoms with Crippen molar-refractivity contribution in [1.29, 1.82) is 0 Å². The largest absolute Gasteiger partial charge is 0.497 e. The highest BCUT2D eigenvalue weighted by molar-refractivity contribution is 7.13. The number of hydrogen-bond acceptors (Lipinski definition) is 13. The summed E-state index contributed by atoms with van der Waals surface area (Å²) < 4.78 is 60.7. The van der Waals surface area contributed by atoms with Crippen LogP contribution in [0, 0.1) is 6.92 Å². The molecule has 0 spiro atoms. The fourth-order valence-corrected chi connectivity index (χ4v) is 8.49. The van der Waals surface area contributed by atoms with Crippen molar-refractivity contribution in [2.45, 2.75) is 32.7 Å². The van der Waals surface area contributed by atoms with Gasteiger partial charge in [-0.25, -0.2) is 14.8 Å². The monoisotopic (exact) mass is 922 g/mol. The Hall–Kier alpha value is -6.46. The second-order valence-corrected chi connectivity index (χ2v) is 16.5. The quantitative estimate of drug-likeness (QED) is 0.0875. The van der Waals surface area contributed by atoms with E-state index < -0.39 is 18.7 Å². The van der Waals surface area contributed by atoms with Crippen LogP contribution in [-0.2, 0) is 17.8 Å². The van der Waals surface area contributed by atoms with Crippen molar-refractivity contribution in [3.63, 3.8) is 0 Å². The number of carbonyl (C=O) groups is 1. The van der Waals surface area contributed by atoms with Gasteiger partial charge in [0.1, 0.15) is 36.2 Å². The summed E-state index contributed by atoms with van der Waals surface area (Å²) in [5, 5.41) is 11.7. The standard InChI is InChI=1S/C48H45ClF2N6O7S/c1-29-34(15-16-38(43(29)49)61-24-23-57-21-19-56(2)20-22-57)41-42-40(27-53-44(41)31-10-8-11-33(25-31)60-3)65-55-46(42)63-39(47(58)59)26-30-9-4-6-13-36(30)62-28-32-17-18-52-45(54-32)35-12-5-7-14-37(35)64-48(50)51/h4-18,25,27,39,48H,19-24,26,28H2,1-3H3,(H,58,59). The molecule has 0 bridgehead atoms. The molecule has 0 aliphatic carbocycles. The maximum absolute atomic E-state index is 13.1. The Morgan fingerprint density at radius 3 is 2.46 bits per heavy atom. The lowest BCUT2D eigenvalue weighted by molar-refractivity contribution is -0.145. The molecule has 0 radical (unpaired) electrons. The molecule has 1 fully saturated rings. The Balaban J connectivity index is 1.08. The van der Waals surface area contributed by atoms with Crippen molar-refractivity contribution < 1.29 is 42.4 Å². The molecule has 4 aromatic carbocycles. The lowest BCUT2D eigenvalue weighted by Crippen LogP contribution is -2.45. The number of aromatic nitrogens is 4. The van der Waals surface area contributed by atoms with Crippen LogP contribution >= 0.6 is 23.1 Å². The van der Waals surface area contributed by atoms with Gasteiger partial charge in [-0.15, -0.1) is 0 Å². The van der Waals surface area contributed by atoms with Crippen molar-refractivity contribution in [1.82, 2.24) is 29.1 Å². The summed E-state index contributed by atoms with van der Waals surface area (Å²) in [5.41, 5.74) is 4.77. The summed E-state index contributed by atoms with van der Waals surface area (Å²) in [6.07, 6.45) is 1.71. The van der Waals surface area contributed by atoms with Crippen molar-refractivity contribution in [3.8, 4) is 62.7 Å². The number of aliphatic carboxylic acids is 1. The highest BCUT2D eigenvalue weighted by atomic mass is 35.5. The van der Waals surface area contributed by atoms with Crippen LogP contribution in [-0.4, -0.2) is 106 Å². The van der Waals surface area contributed by atoms with Crippen LogP contribution in [0.3, 0.4) is 0 Å². The van der Waals surface area contributed by atoms with Gasteiger partial charge in [0.25, 0.3) is 0 Å². The van der Waals surface area contributed by atoms with Gasteiger partial charge in [-0.05, 0) is 84.7 Å². The number of ether oxygens (including phenoxy) is 5. The molecular formula is C48H45ClF2N6O7S. The van der Waals surface area contributed by atoms with E-state index in [2.05, 4.69) is 35.9 Å². The van der Waals surface area contributed by atoms with E-state index >= 15 is 0 Å². The minimum absolute atomic E-state index is 0.0366. The zero-order chi connectivity index (χ0) is 45.5. The number of para-hydroxylation sites is 2. The van der Waals surface area contributed by atoms with E-state index in [1.807, 2.05) is 43.3 Å². The summed E-state index contributed by atoms with van der Waals surface area (Å²) in [6, 6.07) is 26.2. The van der Waals surface area contributed by atoms with E-state index in [1.165, 1.54) is 12.3 Å². The van der Waals surface area contributed by atoms with Crippen LogP contribution in [0.25, 0.3) is 43.9 Å². The fraction of sp³-hybridized carbons (Fsp3) is 0.271. The predicted molar refractivity (Wildman–Crippen MR) is 245 cm³/mol. The number of nitrogens with zero attached hydrogens (tertiary/aromatic N) is 6. The SMILES string of the molecule is COc1cccc(-c2ncc3snc(OC(Cc4ccccc4OCc4ccnc(-c5ccccc5OC(F)F)n4)C(=O)O)c3c2-c2ccc(OCCN3CCN(C)CC3)c(Cl)c2C)c1. The van der Waals surface area contributed by atoms with Crippen LogP contribution in [0.5, 0.6) is 28.9 Å². The second-order valence-electron chi connectivity index (χ2n) is 15.3. The van der Waals surface area contributed by atoms with Crippen molar-refractivity contribution >= 4 is 39.2 Å². The minimum atomic E-state index is -3.02. The number of rotatable bonds is 18. The first-order valence-electron chi connectivity index (χ1n) is 20.8. The normalized spacial score (nSPS) is 13.8. The van der Waals surface area contributed by atoms with Crippen LogP contribution in [0.4, 0.5) is 8.78 Å². The Labute approximate surface area is 383 Å². The van der Waals surface area contributed by atoms with Gasteiger partial charge < -0.3 is 33.7 Å². The van der Waals surface area contributed by atoms with Gasteiger partial charge in [0.15, 0.2) is 5.82 Å². The molecule has 1 aliphatic rings. The zero-order valence-corrected chi connectivity index (χ0v) is 37.3. The summed E-state index contributed by atoms with van der Waals surface area (Å²) in [4.78, 5) is 31.4. The molecule has 1 N–H and O–H groups in total. The molecule has 1 aliphatic heterocycles. The molecule has 336 valence electrons. The van der Waals surface area contributed by atoms with Gasteiger partial charge in [0, 0.05) is 62.7 Å². The molecule has 8 rings (SSSR count). The van der Waals surface area contributed by atoms with Crippen molar-refractivity contribution in [3.05, 3.63) is 125 Å². The Kier molecular flexibility index (Phi) is 14.3. The van der Waals surface area contributed by atoms with E-state index in [0.717, 1.165) is 60.9 Å². The number of benzene rings is 4. The van der Waals surface area contributed by atoms with E-state index in [1.54, 1.807) is 61.8 Å². The molecule has 1 unspecified atom stereocenters. The van der Waals surface area contributed by atoms with Gasteiger partial charge in [0.05, 0.1) is 39.2 Å². The summed E-state index contributed by atoms with van der Waals surface area (Å²) in [6.45, 7) is 4.09. The van der Waals surface area contributed by atoms with Gasteiger partial charge >= 0.3 is 12.6 Å². The predicted octanol–water partition coefficient (Wildman–Crippen LogP) is 9.33. The summed E-state index contributed by atoms with van der Waals surface area (Å²) in [5.74, 6) is 0.596. The smallest absolute Gasteiger partial charge is 0.387 e. The summed E-state index contributed by atoms with van der Waals surface area (Å²) >= 11 is 8.24. The van der Waals surface area contributed by atoms with E-state index in [-0.39, 0.29) is 36.0 Å². The molecule has 65 heavy (non-hydrogen) atoms. The van der Waals surface area contributed by atoms with Gasteiger partial charge in [-0.1, -0.05) is 60.1 Å². The number of methoxy groups -OCH3 is 1. The topological polar surface area (TPSA) is 141 Å². The molecule has 7 aromatic rings. The Morgan fingerprint density at radius 1 is 0.892 bits per heavy atom. The lowest BCUT2D eigenvalue weighted by Gasteiger charge is -2.32. The van der Waals surface area contributed by atoms with Crippen molar-refractivity contribution in [2.24, 2.45) is 0 Å². The second kappa shape index (κ2) is 20.6. The number of carboxylic acid groups (broad SMARTS) is 1. The van der Waals surface area contributed by atoms with Crippen LogP contribution < -0.4 is 23.7 Å². The maximum atomic E-state index is 13.1. The average Bonchev–Trinajstić information content (AvgIpc) is 3.73. The highest BCUT2D eigenvalue weighted by Crippen LogP contribution is 2.46. The molecule has 3 aromatic heterocycles. The molecule has 0 amide bonds. The third-order valence-corrected chi connectivity index (χ3v) is 12.3. The molecular weight excluding hydrogens is 878 g/mol. The van der Waals surface area contributed by atoms with E-state index in [9.17, 15) is 18.7 Å². The van der Waals surface area contributed by atoms with Crippen LogP contribution in [0.1, 0.15) is 16.8 Å². The number of alkyl halides is 2. The summed E-state index contributed by atoms with van der Waals surface area (Å²) in [7, 11) is 3.72. The molecule has 1 atom stereocenters. The van der Waals surface area contributed by atoms with Crippen molar-refractivity contribution in [2.75, 3.05) is 53.5 Å². The van der Waals surface area contributed by atoms with Gasteiger partial charge in [-0.3, -0.25) is 9.88 Å². The van der Waals surface area contributed by atoms with Gasteiger partial charge in [0.2, 0.25) is 12.0 Å². The number of carboxylic acids is 1. The average molecular weight is 923 g/mol. The molecule has 1 saturated heterocycles. The number of piperazine rings is 1. The number of pyridine rings is 1. The fourth-order valence-electron chi connectivity index (χ4n) is 7.58. The number of halogens is 3. The Bertz CT molecular complexity index is 2790. The number of fused-ring (bicyclic) bond motifs is 1. The van der Waals surface area contributed by atoms with Crippen LogP contribution in [0.2, 0.25) is 5.02 Å². The third-order valence-electron chi connectivity index (χ3n) is 11.0. The molecule has 4 heterocycles. The molecule has 17 heteroatoms. The Morgan fingerprint density at radius 2 is 1.68 bits per heavy atom. The lowest BCUT2D eigenvalue weighted by atomic mass is 9.93. The first kappa shape index (κ1) is 45.1. The van der Waals surface area contributed by atoms with Gasteiger partial charge in [-0.2, -0.15) is 13.2 Å². The maximum Gasteiger partial charge on any atom is 0.387 e. The van der Waals surface area contributed by atoms with E-state index in [0.29, 0.717) is 61.5 Å². The number of hydrogen-bond donors (Lipinski definition) is 1. The third kappa shape index (κ3) is 10.6. The minimum Gasteiger partial charge on any atom is -0.497 e. The first-order chi connectivity index (χ1) is 31.6. The first-order valence-corrected chi connectivity index (χ1v) is 21.9. The molecule has 0 saturated carbocycles. The van der Waals surface area contributed by atoms with Crippen LogP contribution in [0.15, 0.2) is 103 Å². The van der Waals surface area contributed by atoms with E-state index in [4.69, 9.17) is 35.5 Å². The number of likely N-dealkylation sites (N-methyl/N-ethyl adjacent to an activating group) is 1. The highest BCUT2D eigenvalue weighted by Gasteiger charge is 2.28. The molecule has 13 nitrogen and oxygen atoms in total.